The second-order valence-electron chi connectivity index (χ2n) is 4.96. The lowest BCUT2D eigenvalue weighted by molar-refractivity contribution is 0.654. The van der Waals surface area contributed by atoms with Crippen LogP contribution in [-0.4, -0.2) is 7.85 Å². The number of rotatable bonds is 2. The van der Waals surface area contributed by atoms with E-state index >= 15 is 0 Å². The van der Waals surface area contributed by atoms with Gasteiger partial charge in [0.25, 0.3) is 0 Å². The van der Waals surface area contributed by atoms with Crippen LogP contribution in [0, 0.1) is 0 Å². The predicted molar refractivity (Wildman–Crippen MR) is 76.8 cm³/mol. The monoisotopic (exact) mass is 220 g/mol. The summed E-state index contributed by atoms with van der Waals surface area (Å²) in [4.78, 5) is 0. The minimum Gasteiger partial charge on any atom is -0.0984 e. The Morgan fingerprint density at radius 1 is 1.29 bits per heavy atom. The zero-order valence-corrected chi connectivity index (χ0v) is 10.7. The van der Waals surface area contributed by atoms with Crippen molar-refractivity contribution < 1.29 is 0 Å². The van der Waals surface area contributed by atoms with Crippen molar-refractivity contribution in [3.63, 3.8) is 0 Å². The summed E-state index contributed by atoms with van der Waals surface area (Å²) in [5.74, 6) is 0. The first kappa shape index (κ1) is 12.0. The largest absolute Gasteiger partial charge is 0.113 e. The summed E-state index contributed by atoms with van der Waals surface area (Å²) in [7, 11) is 5.90. The normalized spacial score (nSPS) is 17.6. The van der Waals surface area contributed by atoms with Crippen molar-refractivity contribution in [2.75, 3.05) is 0 Å². The highest BCUT2D eigenvalue weighted by atomic mass is 14.4. The molecule has 0 bridgehead atoms. The molecule has 0 aliphatic heterocycles. The van der Waals surface area contributed by atoms with Gasteiger partial charge in [0.1, 0.15) is 7.85 Å². The van der Waals surface area contributed by atoms with Crippen LogP contribution in [0.5, 0.6) is 0 Å². The summed E-state index contributed by atoms with van der Waals surface area (Å²) in [5, 5.41) is 0. The van der Waals surface area contributed by atoms with Crippen LogP contribution in [0.25, 0.3) is 5.57 Å². The van der Waals surface area contributed by atoms with Gasteiger partial charge in [-0.25, -0.2) is 0 Å². The summed E-state index contributed by atoms with van der Waals surface area (Å²) in [6.07, 6.45) is 6.20. The summed E-state index contributed by atoms with van der Waals surface area (Å²) in [6, 6.07) is 6.13. The topological polar surface area (TPSA) is 0 Å². The minimum absolute atomic E-state index is 0.000741. The van der Waals surface area contributed by atoms with Crippen molar-refractivity contribution >= 4 is 18.9 Å². The van der Waals surface area contributed by atoms with Crippen molar-refractivity contribution in [2.45, 2.75) is 26.2 Å². The zero-order chi connectivity index (χ0) is 12.6. The first-order valence-electron chi connectivity index (χ1n) is 5.92. The second-order valence-corrected chi connectivity index (χ2v) is 4.96. The molecule has 2 rings (SSSR count). The van der Waals surface area contributed by atoms with Crippen molar-refractivity contribution in [1.29, 1.82) is 0 Å². The van der Waals surface area contributed by atoms with Crippen LogP contribution in [0.1, 0.15) is 31.9 Å². The van der Waals surface area contributed by atoms with Crippen LogP contribution in [-0.2, 0) is 5.41 Å². The molecular weight excluding hydrogens is 203 g/mol. The molecule has 0 heterocycles. The van der Waals surface area contributed by atoms with Gasteiger partial charge in [-0.3, -0.25) is 0 Å². The van der Waals surface area contributed by atoms with Gasteiger partial charge < -0.3 is 0 Å². The van der Waals surface area contributed by atoms with E-state index in [1.807, 2.05) is 19.1 Å². The molecule has 0 atom stereocenters. The van der Waals surface area contributed by atoms with Gasteiger partial charge in [0.05, 0.1) is 0 Å². The van der Waals surface area contributed by atoms with Crippen LogP contribution in [0.2, 0.25) is 0 Å². The standard InChI is InChI=1S/C16H17B/c1-5-7-14-12(6-2)13-9-8-11(17)10-15(13)16(14,3)4/h5-10H,2H2,1,3-4H3/b7-5-. The van der Waals surface area contributed by atoms with Crippen molar-refractivity contribution in [1.82, 2.24) is 0 Å². The molecule has 0 fully saturated rings. The molecule has 0 nitrogen and oxygen atoms in total. The SMILES string of the molecule is [B]c1ccc2c(c1)C(C)(C)C(/C=C\C)=C2C=C. The molecule has 1 aromatic rings. The molecule has 1 aliphatic rings. The molecule has 0 unspecified atom stereocenters. The van der Waals surface area contributed by atoms with Gasteiger partial charge in [-0.15, -0.1) is 0 Å². The molecule has 0 amide bonds. The zero-order valence-electron chi connectivity index (χ0n) is 10.7. The average molecular weight is 220 g/mol. The highest BCUT2D eigenvalue weighted by Crippen LogP contribution is 2.46. The Bertz CT molecular complexity index is 530. The predicted octanol–water partition coefficient (Wildman–Crippen LogP) is 3.29. The molecule has 17 heavy (non-hydrogen) atoms. The maximum atomic E-state index is 5.90. The molecule has 0 saturated heterocycles. The van der Waals surface area contributed by atoms with Crippen molar-refractivity contribution in [3.05, 3.63) is 59.7 Å². The van der Waals surface area contributed by atoms with Gasteiger partial charge in [0.15, 0.2) is 0 Å². The van der Waals surface area contributed by atoms with E-state index < -0.39 is 0 Å². The number of allylic oxidation sites excluding steroid dienone is 5. The Labute approximate surface area is 105 Å². The van der Waals surface area contributed by atoms with Gasteiger partial charge >= 0.3 is 0 Å². The number of fused-ring (bicyclic) bond motifs is 1. The summed E-state index contributed by atoms with van der Waals surface area (Å²) < 4.78 is 0. The first-order valence-corrected chi connectivity index (χ1v) is 5.92. The Morgan fingerprint density at radius 3 is 2.59 bits per heavy atom. The van der Waals surface area contributed by atoms with Gasteiger partial charge in [0.2, 0.25) is 0 Å². The smallest absolute Gasteiger partial charge is 0.0984 e. The average Bonchev–Trinajstić information content (AvgIpc) is 2.49. The third kappa shape index (κ3) is 1.70. The Morgan fingerprint density at radius 2 is 2.00 bits per heavy atom. The number of hydrogen-bond donors (Lipinski definition) is 0. The van der Waals surface area contributed by atoms with E-state index in [4.69, 9.17) is 7.85 Å². The highest BCUT2D eigenvalue weighted by molar-refractivity contribution is 6.32. The third-order valence-electron chi connectivity index (χ3n) is 3.51. The Kier molecular flexibility index (Phi) is 2.86. The van der Waals surface area contributed by atoms with E-state index in [2.05, 4.69) is 44.7 Å². The van der Waals surface area contributed by atoms with Crippen LogP contribution in [0.4, 0.5) is 0 Å². The third-order valence-corrected chi connectivity index (χ3v) is 3.51. The molecule has 1 heteroatoms. The molecule has 0 N–H and O–H groups in total. The van der Waals surface area contributed by atoms with Gasteiger partial charge in [-0.1, -0.05) is 62.3 Å². The summed E-state index contributed by atoms with van der Waals surface area (Å²) >= 11 is 0. The first-order chi connectivity index (χ1) is 8.02. The van der Waals surface area contributed by atoms with E-state index in [1.54, 1.807) is 0 Å². The van der Waals surface area contributed by atoms with Crippen LogP contribution >= 0.6 is 0 Å². The lowest BCUT2D eigenvalue weighted by atomic mass is 9.79. The number of hydrogen-bond acceptors (Lipinski definition) is 0. The highest BCUT2D eigenvalue weighted by Gasteiger charge is 2.34. The fourth-order valence-electron chi connectivity index (χ4n) is 2.63. The van der Waals surface area contributed by atoms with Crippen LogP contribution in [0.15, 0.2) is 48.6 Å². The van der Waals surface area contributed by atoms with Gasteiger partial charge in [-0.2, -0.15) is 0 Å². The van der Waals surface area contributed by atoms with E-state index in [0.717, 1.165) is 5.46 Å². The van der Waals surface area contributed by atoms with Crippen molar-refractivity contribution in [3.8, 4) is 0 Å². The maximum absolute atomic E-state index is 5.90. The molecule has 0 saturated carbocycles. The van der Waals surface area contributed by atoms with E-state index in [1.165, 1.54) is 22.3 Å². The Hall–Kier alpha value is -1.50. The van der Waals surface area contributed by atoms with Crippen LogP contribution in [0.3, 0.4) is 0 Å². The molecule has 0 aromatic heterocycles. The lowest BCUT2D eigenvalue weighted by Gasteiger charge is -2.23. The maximum Gasteiger partial charge on any atom is 0.113 e. The van der Waals surface area contributed by atoms with Crippen LogP contribution < -0.4 is 5.46 Å². The molecule has 84 valence electrons. The second kappa shape index (κ2) is 4.07. The minimum atomic E-state index is 0.000741. The molecule has 1 aromatic carbocycles. The van der Waals surface area contributed by atoms with Crippen molar-refractivity contribution in [2.24, 2.45) is 0 Å². The van der Waals surface area contributed by atoms with Gasteiger partial charge in [0, 0.05) is 5.41 Å². The molecule has 1 aliphatic carbocycles. The fourth-order valence-corrected chi connectivity index (χ4v) is 2.63. The molecule has 0 spiro atoms. The number of benzene rings is 1. The fraction of sp³-hybridized carbons (Fsp3) is 0.250. The van der Waals surface area contributed by atoms with E-state index in [9.17, 15) is 0 Å². The Balaban J connectivity index is 2.75. The molecular formula is C16H17B. The quantitative estimate of drug-likeness (QED) is 0.671. The molecule has 2 radical (unpaired) electrons. The summed E-state index contributed by atoms with van der Waals surface area (Å²) in [6.45, 7) is 10.4. The lowest BCUT2D eigenvalue weighted by Crippen LogP contribution is -2.18. The summed E-state index contributed by atoms with van der Waals surface area (Å²) in [5.41, 5.74) is 5.91. The van der Waals surface area contributed by atoms with E-state index in [0.29, 0.717) is 0 Å². The van der Waals surface area contributed by atoms with E-state index in [-0.39, 0.29) is 5.41 Å². The van der Waals surface area contributed by atoms with Gasteiger partial charge in [-0.05, 0) is 29.2 Å².